The Kier molecular flexibility index (Phi) is 2.28. The topological polar surface area (TPSA) is 65.1 Å². The first-order valence-electron chi connectivity index (χ1n) is 3.55. The van der Waals surface area contributed by atoms with Crippen LogP contribution in [0.5, 0.6) is 0 Å². The van der Waals surface area contributed by atoms with Crippen molar-refractivity contribution in [3.63, 3.8) is 0 Å². The van der Waals surface area contributed by atoms with Crippen molar-refractivity contribution in [1.82, 2.24) is 4.57 Å². The zero-order valence-corrected chi connectivity index (χ0v) is 6.78. The molecule has 0 unspecified atom stereocenters. The highest BCUT2D eigenvalue weighted by Gasteiger charge is 1.98. The second-order valence-corrected chi connectivity index (χ2v) is 2.64. The van der Waals surface area contributed by atoms with Crippen LogP contribution in [-0.4, -0.2) is 10.5 Å². The van der Waals surface area contributed by atoms with Gasteiger partial charge in [0.1, 0.15) is 6.54 Å². The highest BCUT2D eigenvalue weighted by Crippen LogP contribution is 1.91. The SMILES string of the molecule is Cc1ccc(=O)n(CC(N)=O)c1. The smallest absolute Gasteiger partial charge is 0.251 e. The quantitative estimate of drug-likeness (QED) is 0.652. The highest BCUT2D eigenvalue weighted by atomic mass is 16.2. The van der Waals surface area contributed by atoms with Crippen LogP contribution in [0.3, 0.4) is 0 Å². The normalized spacial score (nSPS) is 9.75. The Labute approximate surface area is 69.6 Å². The molecule has 0 saturated heterocycles. The molecule has 1 aromatic rings. The predicted octanol–water partition coefficient (Wildman–Crippen LogP) is -0.358. The van der Waals surface area contributed by atoms with Gasteiger partial charge in [-0.1, -0.05) is 6.07 Å². The Morgan fingerprint density at radius 1 is 1.58 bits per heavy atom. The number of nitrogens with two attached hydrogens (primary N) is 1. The molecule has 2 N–H and O–H groups in total. The van der Waals surface area contributed by atoms with E-state index in [-0.39, 0.29) is 12.1 Å². The second kappa shape index (κ2) is 3.21. The maximum absolute atomic E-state index is 11.1. The van der Waals surface area contributed by atoms with Gasteiger partial charge in [0, 0.05) is 12.3 Å². The third kappa shape index (κ3) is 1.95. The average molecular weight is 166 g/mol. The Bertz CT molecular complexity index is 354. The summed E-state index contributed by atoms with van der Waals surface area (Å²) in [5, 5.41) is 0. The summed E-state index contributed by atoms with van der Waals surface area (Å²) < 4.78 is 1.29. The summed E-state index contributed by atoms with van der Waals surface area (Å²) in [7, 11) is 0. The minimum atomic E-state index is -0.511. The van der Waals surface area contributed by atoms with Crippen LogP contribution in [0.15, 0.2) is 23.1 Å². The number of aromatic nitrogens is 1. The number of aryl methyl sites for hydroxylation is 1. The molecule has 0 radical (unpaired) electrons. The standard InChI is InChI=1S/C8H10N2O2/c1-6-2-3-8(12)10(4-6)5-7(9)11/h2-4H,5H2,1H3,(H2,9,11). The highest BCUT2D eigenvalue weighted by molar-refractivity contribution is 5.73. The molecule has 0 aliphatic rings. The fraction of sp³-hybridized carbons (Fsp3) is 0.250. The summed E-state index contributed by atoms with van der Waals surface area (Å²) in [6, 6.07) is 3.11. The van der Waals surface area contributed by atoms with Crippen molar-refractivity contribution in [1.29, 1.82) is 0 Å². The minimum Gasteiger partial charge on any atom is -0.368 e. The van der Waals surface area contributed by atoms with Gasteiger partial charge in [-0.2, -0.15) is 0 Å². The molecule has 0 saturated carbocycles. The van der Waals surface area contributed by atoms with E-state index >= 15 is 0 Å². The summed E-state index contributed by atoms with van der Waals surface area (Å²) in [5.41, 5.74) is 5.66. The molecule has 0 spiro atoms. The van der Waals surface area contributed by atoms with Crippen LogP contribution in [0.4, 0.5) is 0 Å². The van der Waals surface area contributed by atoms with Crippen LogP contribution >= 0.6 is 0 Å². The van der Waals surface area contributed by atoms with Crippen molar-refractivity contribution < 1.29 is 4.79 Å². The number of hydrogen-bond donors (Lipinski definition) is 1. The monoisotopic (exact) mass is 166 g/mol. The fourth-order valence-corrected chi connectivity index (χ4v) is 0.942. The Hall–Kier alpha value is -1.58. The molecule has 0 fully saturated rings. The van der Waals surface area contributed by atoms with Gasteiger partial charge in [0.25, 0.3) is 5.56 Å². The number of amides is 1. The van der Waals surface area contributed by atoms with E-state index in [1.807, 2.05) is 6.92 Å². The summed E-state index contributed by atoms with van der Waals surface area (Å²) in [6.07, 6.45) is 1.60. The van der Waals surface area contributed by atoms with Crippen molar-refractivity contribution in [2.24, 2.45) is 5.73 Å². The summed E-state index contributed by atoms with van der Waals surface area (Å²) in [4.78, 5) is 21.6. The van der Waals surface area contributed by atoms with E-state index in [4.69, 9.17) is 5.73 Å². The molecule has 0 aliphatic carbocycles. The van der Waals surface area contributed by atoms with Gasteiger partial charge < -0.3 is 10.3 Å². The van der Waals surface area contributed by atoms with Crippen LogP contribution in [-0.2, 0) is 11.3 Å². The molecule has 1 amide bonds. The van der Waals surface area contributed by atoms with E-state index in [9.17, 15) is 9.59 Å². The van der Waals surface area contributed by atoms with Gasteiger partial charge in [-0.25, -0.2) is 0 Å². The first-order chi connectivity index (χ1) is 5.59. The number of carbonyl (C=O) groups is 1. The number of rotatable bonds is 2. The second-order valence-electron chi connectivity index (χ2n) is 2.64. The van der Waals surface area contributed by atoms with Gasteiger partial charge >= 0.3 is 0 Å². The molecule has 4 heteroatoms. The molecule has 1 aromatic heterocycles. The number of primary amides is 1. The molecule has 1 rings (SSSR count). The van der Waals surface area contributed by atoms with Gasteiger partial charge in [-0.15, -0.1) is 0 Å². The lowest BCUT2D eigenvalue weighted by Gasteiger charge is -2.01. The summed E-state index contributed by atoms with van der Waals surface area (Å²) >= 11 is 0. The zero-order chi connectivity index (χ0) is 9.14. The maximum Gasteiger partial charge on any atom is 0.251 e. The first kappa shape index (κ1) is 8.52. The zero-order valence-electron chi connectivity index (χ0n) is 6.78. The minimum absolute atomic E-state index is 0.0550. The molecular formula is C8H10N2O2. The van der Waals surface area contributed by atoms with Crippen LogP contribution < -0.4 is 11.3 Å². The van der Waals surface area contributed by atoms with Crippen molar-refractivity contribution in [2.45, 2.75) is 13.5 Å². The number of pyridine rings is 1. The largest absolute Gasteiger partial charge is 0.368 e. The number of nitrogens with zero attached hydrogens (tertiary/aromatic N) is 1. The summed E-state index contributed by atoms with van der Waals surface area (Å²) in [6.45, 7) is 1.79. The number of carbonyl (C=O) groups excluding carboxylic acids is 1. The van der Waals surface area contributed by atoms with Crippen molar-refractivity contribution in [3.8, 4) is 0 Å². The molecule has 64 valence electrons. The van der Waals surface area contributed by atoms with Gasteiger partial charge in [0.15, 0.2) is 0 Å². The molecular weight excluding hydrogens is 156 g/mol. The predicted molar refractivity (Wildman–Crippen MR) is 44.6 cm³/mol. The van der Waals surface area contributed by atoms with Gasteiger partial charge in [0.05, 0.1) is 0 Å². The summed E-state index contributed by atoms with van der Waals surface area (Å²) in [5.74, 6) is -0.511. The van der Waals surface area contributed by atoms with E-state index < -0.39 is 5.91 Å². The average Bonchev–Trinajstić information content (AvgIpc) is 1.96. The first-order valence-corrected chi connectivity index (χ1v) is 3.55. The van der Waals surface area contributed by atoms with Crippen molar-refractivity contribution in [2.75, 3.05) is 0 Å². The van der Waals surface area contributed by atoms with E-state index in [0.29, 0.717) is 0 Å². The van der Waals surface area contributed by atoms with Crippen LogP contribution in [0.25, 0.3) is 0 Å². The van der Waals surface area contributed by atoms with Crippen LogP contribution in [0.2, 0.25) is 0 Å². The van der Waals surface area contributed by atoms with Gasteiger partial charge in [-0.05, 0) is 12.5 Å². The Balaban J connectivity index is 3.06. The maximum atomic E-state index is 11.1. The van der Waals surface area contributed by atoms with E-state index in [0.717, 1.165) is 5.56 Å². The third-order valence-corrected chi connectivity index (χ3v) is 1.46. The molecule has 0 atom stereocenters. The van der Waals surface area contributed by atoms with E-state index in [2.05, 4.69) is 0 Å². The molecule has 4 nitrogen and oxygen atoms in total. The van der Waals surface area contributed by atoms with Gasteiger partial charge in [0.2, 0.25) is 5.91 Å². The lowest BCUT2D eigenvalue weighted by Crippen LogP contribution is -2.27. The van der Waals surface area contributed by atoms with E-state index in [1.54, 1.807) is 12.3 Å². The Morgan fingerprint density at radius 2 is 2.25 bits per heavy atom. The Morgan fingerprint density at radius 3 is 2.83 bits per heavy atom. The molecule has 0 bridgehead atoms. The lowest BCUT2D eigenvalue weighted by molar-refractivity contribution is -0.118. The van der Waals surface area contributed by atoms with Crippen LogP contribution in [0, 0.1) is 6.92 Å². The van der Waals surface area contributed by atoms with Crippen molar-refractivity contribution >= 4 is 5.91 Å². The molecule has 0 aromatic carbocycles. The lowest BCUT2D eigenvalue weighted by atomic mass is 10.3. The number of hydrogen-bond acceptors (Lipinski definition) is 2. The fourth-order valence-electron chi connectivity index (χ4n) is 0.942. The molecule has 12 heavy (non-hydrogen) atoms. The molecule has 1 heterocycles. The van der Waals surface area contributed by atoms with Crippen molar-refractivity contribution in [3.05, 3.63) is 34.2 Å². The molecule has 0 aliphatic heterocycles. The van der Waals surface area contributed by atoms with E-state index in [1.165, 1.54) is 10.6 Å². The third-order valence-electron chi connectivity index (χ3n) is 1.46. The van der Waals surface area contributed by atoms with Gasteiger partial charge in [-0.3, -0.25) is 9.59 Å². The van der Waals surface area contributed by atoms with Crippen LogP contribution in [0.1, 0.15) is 5.56 Å².